The van der Waals surface area contributed by atoms with Crippen LogP contribution >= 0.6 is 0 Å². The Bertz CT molecular complexity index is 282. The quantitative estimate of drug-likeness (QED) is 0.775. The summed E-state index contributed by atoms with van der Waals surface area (Å²) in [5, 5.41) is 3.11. The lowest BCUT2D eigenvalue weighted by Gasteiger charge is -2.34. The van der Waals surface area contributed by atoms with E-state index in [0.29, 0.717) is 0 Å². The maximum atomic E-state index is 3.11. The van der Waals surface area contributed by atoms with E-state index in [0.717, 1.165) is 5.69 Å². The molecule has 0 saturated carbocycles. The van der Waals surface area contributed by atoms with Crippen LogP contribution in [0.15, 0.2) is 24.3 Å². The molecule has 14 heavy (non-hydrogen) atoms. The zero-order valence-electron chi connectivity index (χ0n) is 9.76. The molecular formula is C12H20N2. The molecule has 0 atom stereocenters. The lowest BCUT2D eigenvalue weighted by atomic mass is 10.1. The lowest BCUT2D eigenvalue weighted by Crippen LogP contribution is -2.37. The molecule has 1 aromatic carbocycles. The Balaban J connectivity index is 2.87. The molecule has 0 amide bonds. The average molecular weight is 192 g/mol. The SMILES string of the molecule is CNc1ccc(N(C)C(C)(C)C)cc1. The topological polar surface area (TPSA) is 15.3 Å². The summed E-state index contributed by atoms with van der Waals surface area (Å²) in [6, 6.07) is 8.46. The molecule has 1 aromatic rings. The fourth-order valence-electron chi connectivity index (χ4n) is 1.24. The largest absolute Gasteiger partial charge is 0.388 e. The standard InChI is InChI=1S/C12H20N2/c1-12(2,3)14(5)11-8-6-10(13-4)7-9-11/h6-9,13H,1-5H3. The van der Waals surface area contributed by atoms with Crippen molar-refractivity contribution >= 4 is 11.4 Å². The first kappa shape index (κ1) is 10.9. The first-order valence-corrected chi connectivity index (χ1v) is 4.97. The second-order valence-corrected chi connectivity index (χ2v) is 4.53. The summed E-state index contributed by atoms with van der Waals surface area (Å²) in [4.78, 5) is 2.27. The van der Waals surface area contributed by atoms with Gasteiger partial charge in [0.1, 0.15) is 0 Å². The van der Waals surface area contributed by atoms with Crippen LogP contribution in [0, 0.1) is 0 Å². The van der Waals surface area contributed by atoms with Crippen LogP contribution in [-0.2, 0) is 0 Å². The zero-order valence-corrected chi connectivity index (χ0v) is 9.76. The van der Waals surface area contributed by atoms with Gasteiger partial charge in [-0.1, -0.05) is 0 Å². The van der Waals surface area contributed by atoms with E-state index in [-0.39, 0.29) is 5.54 Å². The fraction of sp³-hybridized carbons (Fsp3) is 0.500. The molecule has 2 heteroatoms. The molecule has 0 aliphatic carbocycles. The molecule has 0 saturated heterocycles. The van der Waals surface area contributed by atoms with Crippen LogP contribution in [0.25, 0.3) is 0 Å². The molecule has 0 aliphatic heterocycles. The molecule has 0 fully saturated rings. The van der Waals surface area contributed by atoms with Crippen molar-refractivity contribution in [2.45, 2.75) is 26.3 Å². The minimum absolute atomic E-state index is 0.168. The highest BCUT2D eigenvalue weighted by molar-refractivity contribution is 5.55. The third kappa shape index (κ3) is 2.41. The van der Waals surface area contributed by atoms with Crippen molar-refractivity contribution in [3.8, 4) is 0 Å². The molecule has 78 valence electrons. The van der Waals surface area contributed by atoms with Crippen molar-refractivity contribution in [1.82, 2.24) is 0 Å². The van der Waals surface area contributed by atoms with Gasteiger partial charge in [-0.3, -0.25) is 0 Å². The van der Waals surface area contributed by atoms with Crippen molar-refractivity contribution < 1.29 is 0 Å². The number of nitrogens with zero attached hydrogens (tertiary/aromatic N) is 1. The number of benzene rings is 1. The molecule has 0 aromatic heterocycles. The number of anilines is 2. The van der Waals surface area contributed by atoms with Crippen LogP contribution in [0.2, 0.25) is 0 Å². The van der Waals surface area contributed by atoms with E-state index in [1.54, 1.807) is 0 Å². The minimum atomic E-state index is 0.168. The van der Waals surface area contributed by atoms with Crippen LogP contribution in [0.3, 0.4) is 0 Å². The Kier molecular flexibility index (Phi) is 3.04. The molecular weight excluding hydrogens is 172 g/mol. The minimum Gasteiger partial charge on any atom is -0.388 e. The van der Waals surface area contributed by atoms with Crippen molar-refractivity contribution in [2.24, 2.45) is 0 Å². The summed E-state index contributed by atoms with van der Waals surface area (Å²) in [5.74, 6) is 0. The van der Waals surface area contributed by atoms with Crippen molar-refractivity contribution in [3.05, 3.63) is 24.3 Å². The lowest BCUT2D eigenvalue weighted by molar-refractivity contribution is 0.539. The van der Waals surface area contributed by atoms with Gasteiger partial charge in [0, 0.05) is 31.0 Å². The van der Waals surface area contributed by atoms with Crippen LogP contribution in [0.4, 0.5) is 11.4 Å². The van der Waals surface area contributed by atoms with E-state index in [9.17, 15) is 0 Å². The summed E-state index contributed by atoms with van der Waals surface area (Å²) in [5.41, 5.74) is 2.56. The van der Waals surface area contributed by atoms with Crippen LogP contribution < -0.4 is 10.2 Å². The molecule has 1 N–H and O–H groups in total. The Morgan fingerprint density at radius 1 is 1.07 bits per heavy atom. The molecule has 0 spiro atoms. The monoisotopic (exact) mass is 192 g/mol. The van der Waals surface area contributed by atoms with Gasteiger partial charge in [-0.15, -0.1) is 0 Å². The second-order valence-electron chi connectivity index (χ2n) is 4.53. The Morgan fingerprint density at radius 3 is 1.93 bits per heavy atom. The van der Waals surface area contributed by atoms with Crippen molar-refractivity contribution in [2.75, 3.05) is 24.3 Å². The van der Waals surface area contributed by atoms with Crippen LogP contribution in [0.5, 0.6) is 0 Å². The fourth-order valence-corrected chi connectivity index (χ4v) is 1.24. The van der Waals surface area contributed by atoms with Crippen LogP contribution in [-0.4, -0.2) is 19.6 Å². The van der Waals surface area contributed by atoms with Gasteiger partial charge >= 0.3 is 0 Å². The smallest absolute Gasteiger partial charge is 0.0369 e. The highest BCUT2D eigenvalue weighted by Crippen LogP contribution is 2.22. The van der Waals surface area contributed by atoms with Gasteiger partial charge in [0.15, 0.2) is 0 Å². The molecule has 0 heterocycles. The van der Waals surface area contributed by atoms with Gasteiger partial charge in [0.2, 0.25) is 0 Å². The summed E-state index contributed by atoms with van der Waals surface area (Å²) < 4.78 is 0. The van der Waals surface area contributed by atoms with Crippen LogP contribution in [0.1, 0.15) is 20.8 Å². The Hall–Kier alpha value is -1.18. The first-order valence-electron chi connectivity index (χ1n) is 4.97. The summed E-state index contributed by atoms with van der Waals surface area (Å²) in [7, 11) is 4.05. The van der Waals surface area contributed by atoms with Crippen molar-refractivity contribution in [1.29, 1.82) is 0 Å². The summed E-state index contributed by atoms with van der Waals surface area (Å²) in [6.07, 6.45) is 0. The summed E-state index contributed by atoms with van der Waals surface area (Å²) >= 11 is 0. The number of hydrogen-bond donors (Lipinski definition) is 1. The third-order valence-electron chi connectivity index (χ3n) is 2.55. The van der Waals surface area contributed by atoms with Gasteiger partial charge in [-0.2, -0.15) is 0 Å². The Labute approximate surface area is 86.9 Å². The predicted octanol–water partition coefficient (Wildman–Crippen LogP) is 2.96. The maximum absolute atomic E-state index is 3.11. The Morgan fingerprint density at radius 2 is 1.57 bits per heavy atom. The molecule has 0 radical (unpaired) electrons. The highest BCUT2D eigenvalue weighted by atomic mass is 15.2. The van der Waals surface area contributed by atoms with Crippen molar-refractivity contribution in [3.63, 3.8) is 0 Å². The van der Waals surface area contributed by atoms with E-state index < -0.39 is 0 Å². The van der Waals surface area contributed by atoms with Gasteiger partial charge in [-0.05, 0) is 45.0 Å². The highest BCUT2D eigenvalue weighted by Gasteiger charge is 2.16. The number of nitrogens with one attached hydrogen (secondary N) is 1. The molecule has 1 rings (SSSR count). The van der Waals surface area contributed by atoms with E-state index in [2.05, 4.69) is 62.3 Å². The van der Waals surface area contributed by atoms with Gasteiger partial charge in [0.05, 0.1) is 0 Å². The molecule has 0 unspecified atom stereocenters. The van der Waals surface area contributed by atoms with Gasteiger partial charge in [-0.25, -0.2) is 0 Å². The van der Waals surface area contributed by atoms with E-state index in [1.807, 2.05) is 7.05 Å². The molecule has 0 bridgehead atoms. The van der Waals surface area contributed by atoms with Gasteiger partial charge < -0.3 is 10.2 Å². The van der Waals surface area contributed by atoms with E-state index >= 15 is 0 Å². The maximum Gasteiger partial charge on any atom is 0.0369 e. The molecule has 0 aliphatic rings. The molecule has 2 nitrogen and oxygen atoms in total. The average Bonchev–Trinajstić information content (AvgIpc) is 2.15. The first-order chi connectivity index (χ1) is 6.45. The van der Waals surface area contributed by atoms with E-state index in [1.165, 1.54) is 5.69 Å². The summed E-state index contributed by atoms with van der Waals surface area (Å²) in [6.45, 7) is 6.62. The normalized spacial score (nSPS) is 11.2. The zero-order chi connectivity index (χ0) is 10.8. The number of hydrogen-bond acceptors (Lipinski definition) is 2. The third-order valence-corrected chi connectivity index (χ3v) is 2.55. The predicted molar refractivity (Wildman–Crippen MR) is 64.1 cm³/mol. The number of rotatable bonds is 2. The second kappa shape index (κ2) is 3.91. The van der Waals surface area contributed by atoms with Gasteiger partial charge in [0.25, 0.3) is 0 Å². The van der Waals surface area contributed by atoms with E-state index in [4.69, 9.17) is 0 Å².